The molecule has 0 bridgehead atoms. The molecule has 1 fully saturated rings. The number of aliphatic hydroxyl groups excluding tert-OH is 1. The van der Waals surface area contributed by atoms with Crippen molar-refractivity contribution in [1.29, 1.82) is 0 Å². The molecule has 1 unspecified atom stereocenters. The van der Waals surface area contributed by atoms with Gasteiger partial charge in [0.1, 0.15) is 6.10 Å². The molecule has 1 aliphatic heterocycles. The summed E-state index contributed by atoms with van der Waals surface area (Å²) in [6.07, 6.45) is -0.425. The zero-order valence-corrected chi connectivity index (χ0v) is 10.7. The molecule has 3 nitrogen and oxygen atoms in total. The minimum Gasteiger partial charge on any atom is -0.386 e. The van der Waals surface area contributed by atoms with E-state index >= 15 is 0 Å². The summed E-state index contributed by atoms with van der Waals surface area (Å²) in [5.41, 5.74) is -0.228. The number of ether oxygens (including phenoxy) is 1. The molecule has 2 rings (SSSR count). The maximum atomic E-state index is 10.4. The highest BCUT2D eigenvalue weighted by molar-refractivity contribution is 7.10. The molecule has 0 aromatic carbocycles. The maximum Gasteiger partial charge on any atom is 0.106 e. The van der Waals surface area contributed by atoms with Crippen LogP contribution >= 0.6 is 11.3 Å². The Morgan fingerprint density at radius 2 is 2.12 bits per heavy atom. The molecule has 4 heteroatoms. The van der Waals surface area contributed by atoms with Crippen molar-refractivity contribution in [1.82, 2.24) is 4.90 Å². The Bertz CT molecular complexity index is 318. The third-order valence-corrected chi connectivity index (χ3v) is 4.23. The first-order valence-electron chi connectivity index (χ1n) is 5.66. The molecule has 1 aromatic rings. The Hall–Kier alpha value is -0.420. The van der Waals surface area contributed by atoms with Gasteiger partial charge in [0.25, 0.3) is 0 Å². The zero-order valence-electron chi connectivity index (χ0n) is 9.85. The zero-order chi connectivity index (χ0) is 11.6. The van der Waals surface area contributed by atoms with Crippen LogP contribution in [0.5, 0.6) is 0 Å². The van der Waals surface area contributed by atoms with Gasteiger partial charge in [-0.15, -0.1) is 11.3 Å². The van der Waals surface area contributed by atoms with Gasteiger partial charge in [-0.25, -0.2) is 0 Å². The average Bonchev–Trinajstić information content (AvgIpc) is 2.82. The van der Waals surface area contributed by atoms with Gasteiger partial charge in [-0.1, -0.05) is 6.07 Å². The fourth-order valence-electron chi connectivity index (χ4n) is 2.11. The first-order valence-corrected chi connectivity index (χ1v) is 6.54. The van der Waals surface area contributed by atoms with Crippen molar-refractivity contribution in [3.8, 4) is 0 Å². The number of morpholine rings is 1. The van der Waals surface area contributed by atoms with Crippen molar-refractivity contribution in [2.45, 2.75) is 25.5 Å². The monoisotopic (exact) mass is 241 g/mol. The number of thiophene rings is 1. The molecule has 1 atom stereocenters. The quantitative estimate of drug-likeness (QED) is 0.877. The summed E-state index contributed by atoms with van der Waals surface area (Å²) in [5, 5.41) is 12.4. The predicted molar refractivity (Wildman–Crippen MR) is 65.7 cm³/mol. The van der Waals surface area contributed by atoms with Gasteiger partial charge >= 0.3 is 0 Å². The number of hydrogen-bond acceptors (Lipinski definition) is 4. The molecule has 90 valence electrons. The third-order valence-electron chi connectivity index (χ3n) is 3.31. The Labute approximate surface area is 101 Å². The van der Waals surface area contributed by atoms with Crippen LogP contribution in [0.25, 0.3) is 0 Å². The molecule has 16 heavy (non-hydrogen) atoms. The molecular weight excluding hydrogens is 222 g/mol. The van der Waals surface area contributed by atoms with E-state index in [2.05, 4.69) is 18.7 Å². The lowest BCUT2D eigenvalue weighted by Gasteiger charge is -2.43. The smallest absolute Gasteiger partial charge is 0.106 e. The second kappa shape index (κ2) is 4.84. The Morgan fingerprint density at radius 3 is 2.69 bits per heavy atom. The summed E-state index contributed by atoms with van der Waals surface area (Å²) in [6.45, 7) is 7.53. The highest BCUT2D eigenvalue weighted by Crippen LogP contribution is 2.33. The van der Waals surface area contributed by atoms with Gasteiger partial charge in [-0.2, -0.15) is 0 Å². The molecule has 0 amide bonds. The van der Waals surface area contributed by atoms with Crippen LogP contribution in [0.2, 0.25) is 0 Å². The van der Waals surface area contributed by atoms with Crippen LogP contribution < -0.4 is 0 Å². The van der Waals surface area contributed by atoms with Crippen molar-refractivity contribution in [2.24, 2.45) is 0 Å². The predicted octanol–water partition coefficient (Wildman–Crippen LogP) is 1.89. The second-order valence-corrected chi connectivity index (χ2v) is 5.65. The fourth-order valence-corrected chi connectivity index (χ4v) is 3.00. The summed E-state index contributed by atoms with van der Waals surface area (Å²) in [4.78, 5) is 3.34. The van der Waals surface area contributed by atoms with Crippen LogP contribution in [-0.4, -0.2) is 41.8 Å². The van der Waals surface area contributed by atoms with Crippen LogP contribution in [0.15, 0.2) is 17.5 Å². The third kappa shape index (κ3) is 2.30. The van der Waals surface area contributed by atoms with Gasteiger partial charge in [0.05, 0.1) is 13.2 Å². The summed E-state index contributed by atoms with van der Waals surface area (Å²) in [5.74, 6) is 0. The Balaban J connectivity index is 2.10. The molecule has 1 aromatic heterocycles. The van der Waals surface area contributed by atoms with E-state index in [4.69, 9.17) is 4.74 Å². The molecule has 0 spiro atoms. The van der Waals surface area contributed by atoms with E-state index in [1.165, 1.54) is 0 Å². The Morgan fingerprint density at radius 1 is 1.44 bits per heavy atom. The minimum atomic E-state index is -0.425. The highest BCUT2D eigenvalue weighted by Gasteiger charge is 2.36. The molecule has 0 radical (unpaired) electrons. The van der Waals surface area contributed by atoms with Gasteiger partial charge in [0.15, 0.2) is 0 Å². The van der Waals surface area contributed by atoms with Crippen molar-refractivity contribution in [3.05, 3.63) is 22.4 Å². The van der Waals surface area contributed by atoms with Crippen LogP contribution in [0.4, 0.5) is 0 Å². The number of rotatable bonds is 3. The van der Waals surface area contributed by atoms with Crippen molar-refractivity contribution in [3.63, 3.8) is 0 Å². The standard InChI is InChI=1S/C12H19NO2S/c1-12(2,13-5-7-15-8-6-13)11(14)10-4-3-9-16-10/h3-4,9,11,14H,5-8H2,1-2H3. The Kier molecular flexibility index (Phi) is 3.64. The molecule has 1 N–H and O–H groups in total. The van der Waals surface area contributed by atoms with E-state index in [0.717, 1.165) is 31.2 Å². The van der Waals surface area contributed by atoms with E-state index in [1.807, 2.05) is 17.5 Å². The lowest BCUT2D eigenvalue weighted by atomic mass is 9.93. The first kappa shape index (κ1) is 12.0. The van der Waals surface area contributed by atoms with Gasteiger partial charge in [-0.05, 0) is 25.3 Å². The molecule has 0 saturated carbocycles. The lowest BCUT2D eigenvalue weighted by Crippen LogP contribution is -2.53. The highest BCUT2D eigenvalue weighted by atomic mass is 32.1. The van der Waals surface area contributed by atoms with E-state index in [-0.39, 0.29) is 5.54 Å². The van der Waals surface area contributed by atoms with Crippen LogP contribution in [-0.2, 0) is 4.74 Å². The summed E-state index contributed by atoms with van der Waals surface area (Å²) in [6, 6.07) is 3.98. The van der Waals surface area contributed by atoms with Crippen LogP contribution in [0, 0.1) is 0 Å². The summed E-state index contributed by atoms with van der Waals surface area (Å²) in [7, 11) is 0. The number of hydrogen-bond donors (Lipinski definition) is 1. The maximum absolute atomic E-state index is 10.4. The van der Waals surface area contributed by atoms with Gasteiger partial charge in [0, 0.05) is 23.5 Å². The normalized spacial score (nSPS) is 20.9. The fraction of sp³-hybridized carbons (Fsp3) is 0.667. The van der Waals surface area contributed by atoms with E-state index in [0.29, 0.717) is 0 Å². The molecule has 1 saturated heterocycles. The SMILES string of the molecule is CC(C)(C(O)c1cccs1)N1CCOCC1. The number of nitrogens with zero attached hydrogens (tertiary/aromatic N) is 1. The largest absolute Gasteiger partial charge is 0.386 e. The molecular formula is C12H19NO2S. The van der Waals surface area contributed by atoms with E-state index in [9.17, 15) is 5.11 Å². The lowest BCUT2D eigenvalue weighted by molar-refractivity contribution is -0.0619. The van der Waals surface area contributed by atoms with Gasteiger partial charge in [-0.3, -0.25) is 4.90 Å². The summed E-state index contributed by atoms with van der Waals surface area (Å²) < 4.78 is 5.34. The minimum absolute atomic E-state index is 0.228. The molecule has 0 aliphatic carbocycles. The van der Waals surface area contributed by atoms with Crippen molar-refractivity contribution < 1.29 is 9.84 Å². The summed E-state index contributed by atoms with van der Waals surface area (Å²) >= 11 is 1.61. The number of aliphatic hydroxyl groups is 1. The van der Waals surface area contributed by atoms with Gasteiger partial charge < -0.3 is 9.84 Å². The van der Waals surface area contributed by atoms with E-state index < -0.39 is 6.10 Å². The van der Waals surface area contributed by atoms with Crippen molar-refractivity contribution in [2.75, 3.05) is 26.3 Å². The van der Waals surface area contributed by atoms with Crippen LogP contribution in [0.1, 0.15) is 24.8 Å². The first-order chi connectivity index (χ1) is 7.62. The van der Waals surface area contributed by atoms with Gasteiger partial charge in [0.2, 0.25) is 0 Å². The molecule has 2 heterocycles. The average molecular weight is 241 g/mol. The van der Waals surface area contributed by atoms with E-state index in [1.54, 1.807) is 11.3 Å². The van der Waals surface area contributed by atoms with Crippen LogP contribution in [0.3, 0.4) is 0 Å². The molecule has 1 aliphatic rings. The second-order valence-electron chi connectivity index (χ2n) is 4.67. The van der Waals surface area contributed by atoms with Crippen molar-refractivity contribution >= 4 is 11.3 Å². The topological polar surface area (TPSA) is 32.7 Å².